The third-order valence-corrected chi connectivity index (χ3v) is 4.61. The van der Waals surface area contributed by atoms with E-state index in [0.717, 1.165) is 17.3 Å². The van der Waals surface area contributed by atoms with Gasteiger partial charge in [0.1, 0.15) is 5.82 Å². The van der Waals surface area contributed by atoms with Crippen molar-refractivity contribution in [3.05, 3.63) is 69.3 Å². The molecule has 0 aromatic heterocycles. The van der Waals surface area contributed by atoms with Gasteiger partial charge in [-0.25, -0.2) is 14.2 Å². The average Bonchev–Trinajstić information content (AvgIpc) is 2.97. The SMILES string of the molecule is COC(=O)c1ccc(/C=C2\SC(=Nc3ccc(F)c(Cl)c3)NC2=O)cc1. The van der Waals surface area contributed by atoms with Crippen LogP contribution in [0.5, 0.6) is 0 Å². The van der Waals surface area contributed by atoms with Crippen LogP contribution < -0.4 is 5.32 Å². The summed E-state index contributed by atoms with van der Waals surface area (Å²) in [4.78, 5) is 28.2. The van der Waals surface area contributed by atoms with Gasteiger partial charge in [0.15, 0.2) is 5.17 Å². The number of amidine groups is 1. The van der Waals surface area contributed by atoms with E-state index in [1.54, 1.807) is 30.3 Å². The number of carbonyl (C=O) groups excluding carboxylic acids is 2. The number of rotatable bonds is 3. The normalized spacial score (nSPS) is 16.8. The highest BCUT2D eigenvalue weighted by Crippen LogP contribution is 2.29. The van der Waals surface area contributed by atoms with E-state index < -0.39 is 11.8 Å². The van der Waals surface area contributed by atoms with Gasteiger partial charge in [-0.1, -0.05) is 23.7 Å². The number of benzene rings is 2. The summed E-state index contributed by atoms with van der Waals surface area (Å²) in [6.07, 6.45) is 1.68. The lowest BCUT2D eigenvalue weighted by molar-refractivity contribution is -0.115. The zero-order chi connectivity index (χ0) is 18.7. The molecule has 0 radical (unpaired) electrons. The molecule has 1 aliphatic rings. The highest BCUT2D eigenvalue weighted by molar-refractivity contribution is 8.18. The van der Waals surface area contributed by atoms with Gasteiger partial charge in [-0.2, -0.15) is 0 Å². The van der Waals surface area contributed by atoms with Gasteiger partial charge < -0.3 is 10.1 Å². The van der Waals surface area contributed by atoms with Crippen molar-refractivity contribution in [2.75, 3.05) is 7.11 Å². The molecule has 1 aliphatic heterocycles. The molecule has 26 heavy (non-hydrogen) atoms. The fourth-order valence-electron chi connectivity index (χ4n) is 2.14. The Morgan fingerprint density at radius 1 is 1.27 bits per heavy atom. The van der Waals surface area contributed by atoms with Crippen LogP contribution >= 0.6 is 23.4 Å². The lowest BCUT2D eigenvalue weighted by Crippen LogP contribution is -2.19. The standard InChI is InChI=1S/C18H12ClFN2O3S/c1-25-17(24)11-4-2-10(3-5-11)8-15-16(23)22-18(26-15)21-12-6-7-14(20)13(19)9-12/h2-9H,1H3,(H,21,22,23)/b15-8-. The molecule has 0 atom stereocenters. The van der Waals surface area contributed by atoms with Gasteiger partial charge in [-0.3, -0.25) is 4.79 Å². The highest BCUT2D eigenvalue weighted by atomic mass is 35.5. The van der Waals surface area contributed by atoms with Gasteiger partial charge >= 0.3 is 5.97 Å². The molecule has 5 nitrogen and oxygen atoms in total. The molecular weight excluding hydrogens is 379 g/mol. The predicted octanol–water partition coefficient (Wildman–Crippen LogP) is 4.16. The largest absolute Gasteiger partial charge is 0.465 e. The maximum Gasteiger partial charge on any atom is 0.337 e. The number of methoxy groups -OCH3 is 1. The summed E-state index contributed by atoms with van der Waals surface area (Å²) in [5, 5.41) is 2.97. The van der Waals surface area contributed by atoms with Crippen LogP contribution in [0.4, 0.5) is 10.1 Å². The molecule has 0 spiro atoms. The smallest absolute Gasteiger partial charge is 0.337 e. The van der Waals surface area contributed by atoms with Gasteiger partial charge in [0.2, 0.25) is 0 Å². The van der Waals surface area contributed by atoms with Crippen molar-refractivity contribution in [2.24, 2.45) is 4.99 Å². The predicted molar refractivity (Wildman–Crippen MR) is 100.0 cm³/mol. The fourth-order valence-corrected chi connectivity index (χ4v) is 3.15. The van der Waals surface area contributed by atoms with Crippen LogP contribution in [0.25, 0.3) is 6.08 Å². The Hall–Kier alpha value is -2.64. The Morgan fingerprint density at radius 3 is 2.65 bits per heavy atom. The third-order valence-electron chi connectivity index (χ3n) is 3.41. The quantitative estimate of drug-likeness (QED) is 0.631. The number of hydrogen-bond donors (Lipinski definition) is 1. The Labute approximate surface area is 157 Å². The summed E-state index contributed by atoms with van der Waals surface area (Å²) >= 11 is 6.88. The molecule has 1 saturated heterocycles. The van der Waals surface area contributed by atoms with E-state index in [1.165, 1.54) is 25.3 Å². The molecule has 0 saturated carbocycles. The molecular formula is C18H12ClFN2O3S. The van der Waals surface area contributed by atoms with Gasteiger partial charge in [0.05, 0.1) is 28.3 Å². The van der Waals surface area contributed by atoms with Gasteiger partial charge in [-0.15, -0.1) is 0 Å². The van der Waals surface area contributed by atoms with Crippen LogP contribution in [0.1, 0.15) is 15.9 Å². The lowest BCUT2D eigenvalue weighted by Gasteiger charge is -2.00. The zero-order valence-corrected chi connectivity index (χ0v) is 15.0. The first kappa shape index (κ1) is 18.2. The second-order valence-electron chi connectivity index (χ2n) is 5.19. The van der Waals surface area contributed by atoms with Crippen LogP contribution in [0, 0.1) is 5.82 Å². The van der Waals surface area contributed by atoms with E-state index in [0.29, 0.717) is 21.3 Å². The number of carbonyl (C=O) groups is 2. The number of nitrogens with one attached hydrogen (secondary N) is 1. The molecule has 3 rings (SSSR count). The van der Waals surface area contributed by atoms with Crippen molar-refractivity contribution < 1.29 is 18.7 Å². The molecule has 0 unspecified atom stereocenters. The minimum absolute atomic E-state index is 0.0392. The van der Waals surface area contributed by atoms with Gasteiger partial charge in [0, 0.05) is 0 Å². The van der Waals surface area contributed by atoms with Crippen molar-refractivity contribution >= 4 is 52.2 Å². The summed E-state index contributed by atoms with van der Waals surface area (Å²) in [5.74, 6) is -1.25. The second-order valence-corrected chi connectivity index (χ2v) is 6.63. The maximum atomic E-state index is 13.2. The Kier molecular flexibility index (Phi) is 5.39. The number of amides is 1. The Bertz CT molecular complexity index is 942. The molecule has 0 bridgehead atoms. The van der Waals surface area contributed by atoms with E-state index in [-0.39, 0.29) is 10.9 Å². The van der Waals surface area contributed by atoms with Crippen LogP contribution in [0.2, 0.25) is 5.02 Å². The highest BCUT2D eigenvalue weighted by Gasteiger charge is 2.23. The molecule has 2 aromatic rings. The van der Waals surface area contributed by atoms with E-state index >= 15 is 0 Å². The number of thioether (sulfide) groups is 1. The van der Waals surface area contributed by atoms with Crippen LogP contribution in [-0.2, 0) is 9.53 Å². The summed E-state index contributed by atoms with van der Waals surface area (Å²) in [5.41, 5.74) is 1.61. The van der Waals surface area contributed by atoms with Gasteiger partial charge in [-0.05, 0) is 53.7 Å². The summed E-state index contributed by atoms with van der Waals surface area (Å²) in [7, 11) is 1.31. The van der Waals surface area contributed by atoms with Crippen molar-refractivity contribution in [3.63, 3.8) is 0 Å². The van der Waals surface area contributed by atoms with E-state index in [1.807, 2.05) is 0 Å². The van der Waals surface area contributed by atoms with E-state index in [9.17, 15) is 14.0 Å². The molecule has 8 heteroatoms. The minimum Gasteiger partial charge on any atom is -0.465 e. The first-order chi connectivity index (χ1) is 12.5. The monoisotopic (exact) mass is 390 g/mol. The minimum atomic E-state index is -0.533. The number of aliphatic imine (C=N–C) groups is 1. The van der Waals surface area contributed by atoms with Crippen LogP contribution in [0.3, 0.4) is 0 Å². The average molecular weight is 391 g/mol. The van der Waals surface area contributed by atoms with E-state index in [4.69, 9.17) is 11.6 Å². The topological polar surface area (TPSA) is 67.8 Å². The number of halogens is 2. The Balaban J connectivity index is 1.78. The molecule has 2 aromatic carbocycles. The fraction of sp³-hybridized carbons (Fsp3) is 0.0556. The van der Waals surface area contributed by atoms with Crippen molar-refractivity contribution in [1.82, 2.24) is 5.32 Å². The molecule has 1 N–H and O–H groups in total. The first-order valence-corrected chi connectivity index (χ1v) is 8.59. The summed E-state index contributed by atoms with van der Waals surface area (Å²) in [6.45, 7) is 0. The third kappa shape index (κ3) is 4.12. The number of nitrogens with zero attached hydrogens (tertiary/aromatic N) is 1. The number of hydrogen-bond acceptors (Lipinski definition) is 5. The second kappa shape index (κ2) is 7.72. The number of esters is 1. The van der Waals surface area contributed by atoms with Crippen molar-refractivity contribution in [3.8, 4) is 0 Å². The number of ether oxygens (including phenoxy) is 1. The molecule has 0 aliphatic carbocycles. The van der Waals surface area contributed by atoms with Crippen molar-refractivity contribution in [2.45, 2.75) is 0 Å². The van der Waals surface area contributed by atoms with Crippen molar-refractivity contribution in [1.29, 1.82) is 0 Å². The molecule has 132 valence electrons. The molecule has 1 fully saturated rings. The zero-order valence-electron chi connectivity index (χ0n) is 13.5. The first-order valence-electron chi connectivity index (χ1n) is 7.39. The summed E-state index contributed by atoms with van der Waals surface area (Å²) in [6, 6.07) is 10.7. The summed E-state index contributed by atoms with van der Waals surface area (Å²) < 4.78 is 17.8. The molecule has 1 amide bonds. The Morgan fingerprint density at radius 2 is 2.00 bits per heavy atom. The molecule has 1 heterocycles. The lowest BCUT2D eigenvalue weighted by atomic mass is 10.1. The van der Waals surface area contributed by atoms with Crippen LogP contribution in [-0.4, -0.2) is 24.2 Å². The van der Waals surface area contributed by atoms with Crippen LogP contribution in [0.15, 0.2) is 52.4 Å². The maximum absolute atomic E-state index is 13.2. The van der Waals surface area contributed by atoms with E-state index in [2.05, 4.69) is 15.0 Å². The van der Waals surface area contributed by atoms with Gasteiger partial charge in [0.25, 0.3) is 5.91 Å².